The van der Waals surface area contributed by atoms with Crippen LogP contribution in [0.25, 0.3) is 0 Å². The number of aliphatic carboxylic acids is 1. The molecule has 0 saturated carbocycles. The molecule has 0 bridgehead atoms. The van der Waals surface area contributed by atoms with Crippen molar-refractivity contribution in [3.63, 3.8) is 0 Å². The molecule has 1 aliphatic heterocycles. The van der Waals surface area contributed by atoms with Crippen molar-refractivity contribution >= 4 is 24.5 Å². The molecular formula is C14H18BNO5. The van der Waals surface area contributed by atoms with Crippen LogP contribution in [0.2, 0.25) is 0 Å². The fourth-order valence-corrected chi connectivity index (χ4v) is 2.29. The van der Waals surface area contributed by atoms with Gasteiger partial charge in [-0.1, -0.05) is 19.9 Å². The molecule has 0 aromatic heterocycles. The van der Waals surface area contributed by atoms with E-state index < -0.39 is 25.0 Å². The predicted octanol–water partition coefficient (Wildman–Crippen LogP) is 0.133. The number of carboxylic acids is 1. The maximum Gasteiger partial charge on any atom is 0.491 e. The van der Waals surface area contributed by atoms with E-state index in [1.807, 2.05) is 13.8 Å². The summed E-state index contributed by atoms with van der Waals surface area (Å²) < 4.78 is 5.06. The van der Waals surface area contributed by atoms with Gasteiger partial charge in [0.2, 0.25) is 0 Å². The molecule has 112 valence electrons. The number of nitrogens with one attached hydrogen (secondary N) is 1. The van der Waals surface area contributed by atoms with E-state index in [1.54, 1.807) is 12.1 Å². The van der Waals surface area contributed by atoms with Crippen LogP contribution in [0.1, 0.15) is 36.2 Å². The van der Waals surface area contributed by atoms with Gasteiger partial charge in [-0.05, 0) is 35.5 Å². The molecule has 1 unspecified atom stereocenters. The Morgan fingerprint density at radius 2 is 2.14 bits per heavy atom. The number of hydrogen-bond acceptors (Lipinski definition) is 4. The fourth-order valence-electron chi connectivity index (χ4n) is 2.29. The second kappa shape index (κ2) is 6.28. The highest BCUT2D eigenvalue weighted by Crippen LogP contribution is 2.12. The van der Waals surface area contributed by atoms with Crippen molar-refractivity contribution < 1.29 is 24.4 Å². The number of fused-ring (bicyclic) bond motifs is 1. The van der Waals surface area contributed by atoms with Gasteiger partial charge in [-0.15, -0.1) is 0 Å². The summed E-state index contributed by atoms with van der Waals surface area (Å²) in [6, 6.07) is 3.92. The fraction of sp³-hybridized carbons (Fsp3) is 0.429. The Hall–Kier alpha value is -1.86. The van der Waals surface area contributed by atoms with Crippen molar-refractivity contribution in [1.82, 2.24) is 5.32 Å². The van der Waals surface area contributed by atoms with Crippen molar-refractivity contribution in [2.45, 2.75) is 32.9 Å². The first kappa shape index (κ1) is 15.5. The van der Waals surface area contributed by atoms with Crippen LogP contribution < -0.4 is 10.8 Å². The Morgan fingerprint density at radius 3 is 2.76 bits per heavy atom. The van der Waals surface area contributed by atoms with E-state index in [1.165, 1.54) is 6.07 Å². The minimum atomic E-state index is -1.05. The first-order valence-corrected chi connectivity index (χ1v) is 6.84. The Morgan fingerprint density at radius 1 is 1.43 bits per heavy atom. The molecule has 2 rings (SSSR count). The van der Waals surface area contributed by atoms with Gasteiger partial charge in [0, 0.05) is 5.56 Å². The number of hydrogen-bond donors (Lipinski definition) is 3. The molecule has 1 aromatic carbocycles. The molecule has 1 amide bonds. The highest BCUT2D eigenvalue weighted by atomic mass is 16.5. The molecule has 21 heavy (non-hydrogen) atoms. The first-order chi connectivity index (χ1) is 9.88. The number of carbonyl (C=O) groups is 2. The Bertz CT molecular complexity index is 560. The number of carbonyl (C=O) groups excluding carboxylic acids is 1. The predicted molar refractivity (Wildman–Crippen MR) is 77.2 cm³/mol. The average Bonchev–Trinajstić information content (AvgIpc) is 2.78. The summed E-state index contributed by atoms with van der Waals surface area (Å²) in [4.78, 5) is 23.3. The number of carboxylic acid groups (broad SMARTS) is 1. The van der Waals surface area contributed by atoms with Crippen LogP contribution in [0.4, 0.5) is 0 Å². The summed E-state index contributed by atoms with van der Waals surface area (Å²) >= 11 is 0. The Balaban J connectivity index is 2.13. The molecule has 0 fully saturated rings. The monoisotopic (exact) mass is 291 g/mol. The van der Waals surface area contributed by atoms with Crippen LogP contribution in [0.3, 0.4) is 0 Å². The van der Waals surface area contributed by atoms with E-state index in [2.05, 4.69) is 5.32 Å². The van der Waals surface area contributed by atoms with E-state index in [0.29, 0.717) is 24.1 Å². The molecule has 0 aliphatic carbocycles. The molecule has 0 spiro atoms. The quantitative estimate of drug-likeness (QED) is 0.670. The zero-order valence-corrected chi connectivity index (χ0v) is 12.0. The standard InChI is InChI=1S/C14H18BNO5/c1-8(2)5-12(14(18)19)16-13(17)9-3-4-10-7-21-15(20)11(10)6-9/h3-4,6,8,12,20H,5,7H2,1-2H3,(H,16,17)(H,18,19). The van der Waals surface area contributed by atoms with Gasteiger partial charge >= 0.3 is 13.1 Å². The van der Waals surface area contributed by atoms with E-state index in [4.69, 9.17) is 9.76 Å². The largest absolute Gasteiger partial charge is 0.491 e. The van der Waals surface area contributed by atoms with E-state index in [0.717, 1.165) is 5.56 Å². The SMILES string of the molecule is CC(C)CC(NC(=O)c1ccc2c(c1)B(O)OC2)C(=O)O. The van der Waals surface area contributed by atoms with Gasteiger partial charge in [-0.3, -0.25) is 4.79 Å². The van der Waals surface area contributed by atoms with Crippen LogP contribution in [0.5, 0.6) is 0 Å². The second-order valence-electron chi connectivity index (χ2n) is 5.57. The number of amides is 1. The minimum absolute atomic E-state index is 0.154. The molecule has 7 heteroatoms. The maximum absolute atomic E-state index is 12.2. The molecule has 1 aliphatic rings. The van der Waals surface area contributed by atoms with Gasteiger partial charge in [0.15, 0.2) is 0 Å². The normalized spacial score (nSPS) is 15.0. The van der Waals surface area contributed by atoms with Crippen molar-refractivity contribution in [3.05, 3.63) is 29.3 Å². The smallest absolute Gasteiger partial charge is 0.480 e. The molecule has 0 radical (unpaired) electrons. The summed E-state index contributed by atoms with van der Waals surface area (Å²) in [6.45, 7) is 4.10. The molecular weight excluding hydrogens is 273 g/mol. The van der Waals surface area contributed by atoms with Crippen LogP contribution >= 0.6 is 0 Å². The highest BCUT2D eigenvalue weighted by molar-refractivity contribution is 6.61. The van der Waals surface area contributed by atoms with Crippen LogP contribution in [-0.4, -0.2) is 35.2 Å². The first-order valence-electron chi connectivity index (χ1n) is 6.84. The van der Waals surface area contributed by atoms with Crippen LogP contribution in [0, 0.1) is 5.92 Å². The third-order valence-electron chi connectivity index (χ3n) is 3.38. The van der Waals surface area contributed by atoms with Crippen molar-refractivity contribution in [1.29, 1.82) is 0 Å². The molecule has 0 saturated heterocycles. The van der Waals surface area contributed by atoms with Gasteiger partial charge in [-0.2, -0.15) is 0 Å². The van der Waals surface area contributed by atoms with Gasteiger partial charge in [0.1, 0.15) is 6.04 Å². The van der Waals surface area contributed by atoms with E-state index >= 15 is 0 Å². The van der Waals surface area contributed by atoms with Crippen molar-refractivity contribution in [3.8, 4) is 0 Å². The summed E-state index contributed by atoms with van der Waals surface area (Å²) in [6.07, 6.45) is 0.359. The van der Waals surface area contributed by atoms with Crippen molar-refractivity contribution in [2.24, 2.45) is 5.92 Å². The lowest BCUT2D eigenvalue weighted by molar-refractivity contribution is -0.139. The summed E-state index contributed by atoms with van der Waals surface area (Å²) in [5.74, 6) is -1.37. The third kappa shape index (κ3) is 3.62. The Kier molecular flexibility index (Phi) is 4.64. The molecule has 6 nitrogen and oxygen atoms in total. The topological polar surface area (TPSA) is 95.9 Å². The van der Waals surface area contributed by atoms with Gasteiger partial charge in [-0.25, -0.2) is 4.79 Å². The zero-order valence-electron chi connectivity index (χ0n) is 12.0. The zero-order chi connectivity index (χ0) is 15.6. The lowest BCUT2D eigenvalue weighted by atomic mass is 9.78. The summed E-state index contributed by atoms with van der Waals surface area (Å²) in [5, 5.41) is 21.3. The molecule has 1 heterocycles. The number of rotatable bonds is 5. The maximum atomic E-state index is 12.2. The van der Waals surface area contributed by atoms with Gasteiger partial charge in [0.25, 0.3) is 5.91 Å². The van der Waals surface area contributed by atoms with Crippen molar-refractivity contribution in [2.75, 3.05) is 0 Å². The lowest BCUT2D eigenvalue weighted by Gasteiger charge is -2.16. The highest BCUT2D eigenvalue weighted by Gasteiger charge is 2.29. The van der Waals surface area contributed by atoms with Gasteiger partial charge < -0.3 is 20.1 Å². The van der Waals surface area contributed by atoms with Crippen LogP contribution in [-0.2, 0) is 16.1 Å². The lowest BCUT2D eigenvalue weighted by Crippen LogP contribution is -2.42. The molecule has 1 atom stereocenters. The number of benzene rings is 1. The van der Waals surface area contributed by atoms with E-state index in [-0.39, 0.29) is 5.92 Å². The third-order valence-corrected chi connectivity index (χ3v) is 3.38. The molecule has 1 aromatic rings. The summed E-state index contributed by atoms with van der Waals surface area (Å²) in [7, 11) is -1.03. The average molecular weight is 291 g/mol. The van der Waals surface area contributed by atoms with Crippen LogP contribution in [0.15, 0.2) is 18.2 Å². The van der Waals surface area contributed by atoms with Gasteiger partial charge in [0.05, 0.1) is 6.61 Å². The molecule has 3 N–H and O–H groups in total. The summed E-state index contributed by atoms with van der Waals surface area (Å²) in [5.41, 5.74) is 1.70. The second-order valence-corrected chi connectivity index (χ2v) is 5.57. The minimum Gasteiger partial charge on any atom is -0.480 e. The van der Waals surface area contributed by atoms with E-state index in [9.17, 15) is 14.6 Å². The Labute approximate surface area is 123 Å².